The van der Waals surface area contributed by atoms with E-state index in [0.717, 1.165) is 12.3 Å². The Kier molecular flexibility index (Phi) is 15.0. The highest BCUT2D eigenvalue weighted by molar-refractivity contribution is 6.03. The van der Waals surface area contributed by atoms with Gasteiger partial charge in [0.25, 0.3) is 0 Å². The van der Waals surface area contributed by atoms with Crippen LogP contribution in [0.1, 0.15) is 108 Å². The molecule has 0 aromatic heterocycles. The average Bonchev–Trinajstić information content (AvgIpc) is 4.11. The summed E-state index contributed by atoms with van der Waals surface area (Å²) in [7, 11) is 0. The minimum Gasteiger partial charge on any atom is -0.0683 e. The number of hydrogen-bond donors (Lipinski definition) is 0. The molecule has 0 N–H and O–H groups in total. The maximum Gasteiger partial charge on any atom is 0.0159 e. The quantitative estimate of drug-likeness (QED) is 0.166. The van der Waals surface area contributed by atoms with Crippen molar-refractivity contribution in [2.24, 2.45) is 0 Å². The Balaban J connectivity index is 0.000000155. The van der Waals surface area contributed by atoms with Crippen LogP contribution in [-0.4, -0.2) is 0 Å². The predicted octanol–water partition coefficient (Wildman–Crippen LogP) is 17.2. The molecule has 0 saturated heterocycles. The van der Waals surface area contributed by atoms with E-state index in [1.165, 1.54) is 102 Å². The predicted molar refractivity (Wildman–Crippen MR) is 267 cm³/mol. The molecule has 0 amide bonds. The molecule has 1 fully saturated rings. The van der Waals surface area contributed by atoms with Gasteiger partial charge in [0.2, 0.25) is 0 Å². The van der Waals surface area contributed by atoms with Crippen LogP contribution in [0.4, 0.5) is 0 Å². The van der Waals surface area contributed by atoms with Gasteiger partial charge < -0.3 is 0 Å². The molecule has 0 spiro atoms. The van der Waals surface area contributed by atoms with E-state index >= 15 is 0 Å². The lowest BCUT2D eigenvalue weighted by atomic mass is 9.80. The fraction of sp³-hybridized carbons (Fsp3) is 0.246. The molecule has 0 heteroatoms. The average molecular weight is 799 g/mol. The lowest BCUT2D eigenvalue weighted by molar-refractivity contribution is 0.659. The molecule has 10 rings (SSSR count). The number of rotatable bonds is 4. The molecule has 0 aliphatic heterocycles. The van der Waals surface area contributed by atoms with Gasteiger partial charge >= 0.3 is 0 Å². The zero-order chi connectivity index (χ0) is 43.5. The molecule has 8 aromatic carbocycles. The molecule has 0 atom stereocenters. The highest BCUT2D eigenvalue weighted by Crippen LogP contribution is 2.52. The number of aryl methyl sites for hydroxylation is 5. The Morgan fingerprint density at radius 1 is 0.426 bits per heavy atom. The van der Waals surface area contributed by atoms with E-state index in [-0.39, 0.29) is 5.41 Å². The first kappa shape index (κ1) is 44.6. The lowest BCUT2D eigenvalue weighted by Crippen LogP contribution is -2.15. The first-order valence-electron chi connectivity index (χ1n) is 22.4. The third kappa shape index (κ3) is 10.9. The molecule has 8 aromatic rings. The molecule has 61 heavy (non-hydrogen) atoms. The Morgan fingerprint density at radius 3 is 1.57 bits per heavy atom. The second-order valence-corrected chi connectivity index (χ2v) is 17.2. The van der Waals surface area contributed by atoms with Crippen molar-refractivity contribution in [1.29, 1.82) is 0 Å². The Morgan fingerprint density at radius 2 is 0.967 bits per heavy atom. The van der Waals surface area contributed by atoms with Gasteiger partial charge in [-0.05, 0) is 144 Å². The topological polar surface area (TPSA) is 0 Å². The van der Waals surface area contributed by atoms with Gasteiger partial charge in [0.15, 0.2) is 0 Å². The molecule has 0 bridgehead atoms. The van der Waals surface area contributed by atoms with Crippen LogP contribution in [0.25, 0.3) is 33.0 Å². The maximum absolute atomic E-state index is 2.44. The van der Waals surface area contributed by atoms with Crippen molar-refractivity contribution in [1.82, 2.24) is 0 Å². The maximum atomic E-state index is 2.44. The summed E-state index contributed by atoms with van der Waals surface area (Å²) in [6.45, 7) is 21.7. The Hall–Kier alpha value is -5.98. The molecule has 2 aliphatic rings. The second kappa shape index (κ2) is 20.5. The molecular weight excluding hydrogens is 733 g/mol. The molecule has 0 heterocycles. The summed E-state index contributed by atoms with van der Waals surface area (Å²) in [6.07, 6.45) is 3.71. The third-order valence-electron chi connectivity index (χ3n) is 12.2. The number of hydrogen-bond acceptors (Lipinski definition) is 0. The van der Waals surface area contributed by atoms with Crippen LogP contribution in [0.15, 0.2) is 176 Å². The molecule has 1 saturated carbocycles. The van der Waals surface area contributed by atoms with Crippen molar-refractivity contribution < 1.29 is 0 Å². The third-order valence-corrected chi connectivity index (χ3v) is 12.2. The van der Waals surface area contributed by atoms with Crippen molar-refractivity contribution in [2.75, 3.05) is 0 Å². The van der Waals surface area contributed by atoms with Gasteiger partial charge in [-0.2, -0.15) is 0 Å². The van der Waals surface area contributed by atoms with Gasteiger partial charge in [-0.25, -0.2) is 0 Å². The number of fused-ring (bicyclic) bond motifs is 5. The van der Waals surface area contributed by atoms with Crippen LogP contribution in [0, 0.1) is 41.5 Å². The van der Waals surface area contributed by atoms with Crippen molar-refractivity contribution >= 4 is 10.8 Å². The fourth-order valence-electron chi connectivity index (χ4n) is 8.46. The van der Waals surface area contributed by atoms with E-state index < -0.39 is 0 Å². The van der Waals surface area contributed by atoms with E-state index in [2.05, 4.69) is 213 Å². The molecule has 0 nitrogen and oxygen atoms in total. The first-order valence-corrected chi connectivity index (χ1v) is 22.4. The van der Waals surface area contributed by atoms with E-state index in [1.54, 1.807) is 5.56 Å². The summed E-state index contributed by atoms with van der Waals surface area (Å²) >= 11 is 0. The first-order chi connectivity index (χ1) is 29.5. The standard InChI is InChI=1S/C27H24.C17H18.C8H10.C7H8.C2H6/c1-18-15-25-26(22-12-8-7-11-21(18)22)23-14-13-20(17-24(23)27(25,2)3)16-19-9-5-4-6-10-19;1-12-6-5-9-15(13(12)2)17-8-4-3-7-16(17)14-10-11-14;1-7-3-5-8(2)6-4-7;1-7-5-3-2-4-6-7;1-2/h4-15,17H,16H2,1-3H3;3-9,14H,10-11H2,1-2H3;3-6H,1-2H3;2-6H,1H3;1-2H3. The van der Waals surface area contributed by atoms with E-state index in [4.69, 9.17) is 0 Å². The van der Waals surface area contributed by atoms with Crippen LogP contribution < -0.4 is 0 Å². The smallest absolute Gasteiger partial charge is 0.0159 e. The summed E-state index contributed by atoms with van der Waals surface area (Å²) < 4.78 is 0. The van der Waals surface area contributed by atoms with Crippen molar-refractivity contribution in [3.63, 3.8) is 0 Å². The van der Waals surface area contributed by atoms with Gasteiger partial charge in [0.1, 0.15) is 0 Å². The molecule has 2 aliphatic carbocycles. The Labute approximate surface area is 368 Å². The van der Waals surface area contributed by atoms with Gasteiger partial charge in [-0.3, -0.25) is 0 Å². The SMILES string of the molecule is CC.Cc1cc2c(c3ccccc13)-c1ccc(Cc3ccccc3)cc1C2(C)C.Cc1ccc(C)cc1.Cc1cccc(-c2ccccc2C2CC2)c1C.Cc1ccccc1. The fourth-order valence-corrected chi connectivity index (χ4v) is 8.46. The molecule has 0 radical (unpaired) electrons. The van der Waals surface area contributed by atoms with Crippen LogP contribution >= 0.6 is 0 Å². The summed E-state index contributed by atoms with van der Waals surface area (Å²) in [5.41, 5.74) is 21.1. The van der Waals surface area contributed by atoms with Gasteiger partial charge in [0.05, 0.1) is 0 Å². The van der Waals surface area contributed by atoms with Crippen LogP contribution in [0.3, 0.4) is 0 Å². The zero-order valence-electron chi connectivity index (χ0n) is 38.4. The minimum atomic E-state index is 0.0339. The molecular formula is C61H66. The summed E-state index contributed by atoms with van der Waals surface area (Å²) in [5.74, 6) is 0.811. The summed E-state index contributed by atoms with van der Waals surface area (Å²) in [6, 6.07) is 63.4. The van der Waals surface area contributed by atoms with Crippen molar-refractivity contribution in [2.45, 2.75) is 99.8 Å². The second-order valence-electron chi connectivity index (χ2n) is 17.2. The van der Waals surface area contributed by atoms with Crippen LogP contribution in [0.2, 0.25) is 0 Å². The van der Waals surface area contributed by atoms with Crippen molar-refractivity contribution in [3.8, 4) is 22.3 Å². The van der Waals surface area contributed by atoms with E-state index in [0.29, 0.717) is 0 Å². The normalized spacial score (nSPS) is 12.8. The number of benzene rings is 8. The van der Waals surface area contributed by atoms with Crippen LogP contribution in [-0.2, 0) is 11.8 Å². The van der Waals surface area contributed by atoms with Gasteiger partial charge in [-0.1, -0.05) is 220 Å². The minimum absolute atomic E-state index is 0.0339. The highest BCUT2D eigenvalue weighted by Gasteiger charge is 2.37. The monoisotopic (exact) mass is 799 g/mol. The van der Waals surface area contributed by atoms with Crippen molar-refractivity contribution in [3.05, 3.63) is 237 Å². The molecule has 310 valence electrons. The summed E-state index contributed by atoms with van der Waals surface area (Å²) in [4.78, 5) is 0. The van der Waals surface area contributed by atoms with Gasteiger partial charge in [0, 0.05) is 5.41 Å². The lowest BCUT2D eigenvalue weighted by Gasteiger charge is -2.23. The van der Waals surface area contributed by atoms with Crippen LogP contribution in [0.5, 0.6) is 0 Å². The van der Waals surface area contributed by atoms with E-state index in [1.807, 2.05) is 32.0 Å². The highest BCUT2D eigenvalue weighted by atomic mass is 14.4. The van der Waals surface area contributed by atoms with E-state index in [9.17, 15) is 0 Å². The van der Waals surface area contributed by atoms with Gasteiger partial charge in [-0.15, -0.1) is 0 Å². The molecule has 0 unspecified atom stereocenters. The largest absolute Gasteiger partial charge is 0.0683 e. The zero-order valence-corrected chi connectivity index (χ0v) is 38.4. The summed E-state index contributed by atoms with van der Waals surface area (Å²) in [5, 5.41) is 2.75. The Bertz CT molecular complexity index is 2620.